The van der Waals surface area contributed by atoms with Crippen LogP contribution in [0.25, 0.3) is 0 Å². The number of benzene rings is 2. The number of carbonyl (C=O) groups excluding carboxylic acids is 1. The van der Waals surface area contributed by atoms with E-state index in [2.05, 4.69) is 5.32 Å². The van der Waals surface area contributed by atoms with Gasteiger partial charge in [-0.1, -0.05) is 11.6 Å². The van der Waals surface area contributed by atoms with Gasteiger partial charge in [0.2, 0.25) is 0 Å². The van der Waals surface area contributed by atoms with Gasteiger partial charge in [-0.3, -0.25) is 9.59 Å². The fourth-order valence-corrected chi connectivity index (χ4v) is 4.46. The first-order valence-electron chi connectivity index (χ1n) is 8.29. The third kappa shape index (κ3) is 4.78. The van der Waals surface area contributed by atoms with Gasteiger partial charge in [0.05, 0.1) is 10.9 Å². The van der Waals surface area contributed by atoms with Gasteiger partial charge in [0.25, 0.3) is 5.91 Å². The Bertz CT molecular complexity index is 893. The highest BCUT2D eigenvalue weighted by molar-refractivity contribution is 8.00. The Morgan fingerprint density at radius 3 is 2.52 bits per heavy atom. The third-order valence-corrected chi connectivity index (χ3v) is 6.02. The molecule has 4 nitrogen and oxygen atoms in total. The van der Waals surface area contributed by atoms with Gasteiger partial charge in [-0.05, 0) is 55.7 Å². The van der Waals surface area contributed by atoms with Gasteiger partial charge in [-0.15, -0.1) is 11.8 Å². The smallest absolute Gasteiger partial charge is 0.306 e. The van der Waals surface area contributed by atoms with Crippen molar-refractivity contribution in [2.45, 2.75) is 29.4 Å². The summed E-state index contributed by atoms with van der Waals surface area (Å²) in [6, 6.07) is 7.81. The average Bonchev–Trinajstić information content (AvgIpc) is 3.09. The Labute approximate surface area is 163 Å². The molecule has 2 unspecified atom stereocenters. The Hall–Kier alpha value is -2.12. The Balaban J connectivity index is 1.71. The van der Waals surface area contributed by atoms with E-state index in [4.69, 9.17) is 16.7 Å². The number of carboxylic acid groups (broad SMARTS) is 1. The number of aliphatic carboxylic acids is 1. The minimum absolute atomic E-state index is 0.00480. The second kappa shape index (κ2) is 8.27. The average molecular weight is 412 g/mol. The summed E-state index contributed by atoms with van der Waals surface area (Å²) in [6.45, 7) is 0. The predicted octanol–water partition coefficient (Wildman–Crippen LogP) is 5.22. The number of thioether (sulfide) groups is 1. The van der Waals surface area contributed by atoms with Crippen molar-refractivity contribution in [3.05, 3.63) is 58.6 Å². The van der Waals surface area contributed by atoms with Crippen molar-refractivity contribution in [3.8, 4) is 0 Å². The Kier molecular flexibility index (Phi) is 6.01. The largest absolute Gasteiger partial charge is 0.481 e. The molecule has 27 heavy (non-hydrogen) atoms. The van der Waals surface area contributed by atoms with Crippen LogP contribution >= 0.6 is 23.4 Å². The van der Waals surface area contributed by atoms with E-state index in [0.29, 0.717) is 29.8 Å². The van der Waals surface area contributed by atoms with Crippen molar-refractivity contribution in [1.82, 2.24) is 0 Å². The second-order valence-electron chi connectivity index (χ2n) is 6.32. The lowest BCUT2D eigenvalue weighted by Gasteiger charge is -2.12. The normalized spacial score (nSPS) is 19.1. The molecule has 8 heteroatoms. The molecule has 0 aromatic heterocycles. The molecule has 1 amide bonds. The van der Waals surface area contributed by atoms with Gasteiger partial charge < -0.3 is 10.4 Å². The number of hydrogen-bond donors (Lipinski definition) is 2. The molecule has 2 atom stereocenters. The summed E-state index contributed by atoms with van der Waals surface area (Å²) in [7, 11) is 0. The number of rotatable bonds is 5. The maximum atomic E-state index is 14.1. The van der Waals surface area contributed by atoms with Crippen LogP contribution in [-0.2, 0) is 4.79 Å². The lowest BCUT2D eigenvalue weighted by atomic mass is 10.1. The molecule has 0 aliphatic heterocycles. The first-order valence-corrected chi connectivity index (χ1v) is 9.54. The van der Waals surface area contributed by atoms with E-state index in [1.54, 1.807) is 0 Å². The van der Waals surface area contributed by atoms with Gasteiger partial charge >= 0.3 is 5.97 Å². The number of amides is 1. The van der Waals surface area contributed by atoms with Crippen molar-refractivity contribution in [3.63, 3.8) is 0 Å². The van der Waals surface area contributed by atoms with Crippen LogP contribution < -0.4 is 5.32 Å². The molecular weight excluding hydrogens is 396 g/mol. The molecule has 0 heterocycles. The number of anilines is 1. The van der Waals surface area contributed by atoms with Crippen LogP contribution in [-0.4, -0.2) is 22.2 Å². The summed E-state index contributed by atoms with van der Waals surface area (Å²) in [4.78, 5) is 23.8. The van der Waals surface area contributed by atoms with Crippen molar-refractivity contribution >= 4 is 40.9 Å². The monoisotopic (exact) mass is 411 g/mol. The maximum absolute atomic E-state index is 14.1. The van der Waals surface area contributed by atoms with Crippen molar-refractivity contribution < 1.29 is 23.5 Å². The zero-order valence-corrected chi connectivity index (χ0v) is 15.6. The molecule has 2 N–H and O–H groups in total. The highest BCUT2D eigenvalue weighted by atomic mass is 35.5. The Morgan fingerprint density at radius 1 is 1.11 bits per heavy atom. The van der Waals surface area contributed by atoms with E-state index in [0.717, 1.165) is 6.07 Å². The number of nitrogens with one attached hydrogen (secondary N) is 1. The van der Waals surface area contributed by atoms with E-state index in [9.17, 15) is 18.4 Å². The summed E-state index contributed by atoms with van der Waals surface area (Å²) in [5.41, 5.74) is 0.567. The van der Waals surface area contributed by atoms with Crippen LogP contribution in [0.15, 0.2) is 41.3 Å². The topological polar surface area (TPSA) is 66.4 Å². The minimum Gasteiger partial charge on any atom is -0.481 e. The first kappa shape index (κ1) is 19.6. The number of carbonyl (C=O) groups is 2. The molecule has 1 aliphatic rings. The van der Waals surface area contributed by atoms with Crippen LogP contribution in [0.3, 0.4) is 0 Å². The van der Waals surface area contributed by atoms with Crippen LogP contribution in [0.1, 0.15) is 29.6 Å². The summed E-state index contributed by atoms with van der Waals surface area (Å²) in [5, 5.41) is 11.5. The van der Waals surface area contributed by atoms with Crippen LogP contribution in [0.2, 0.25) is 5.02 Å². The van der Waals surface area contributed by atoms with Crippen LogP contribution in [0.4, 0.5) is 14.5 Å². The summed E-state index contributed by atoms with van der Waals surface area (Å²) < 4.78 is 27.3. The van der Waals surface area contributed by atoms with E-state index >= 15 is 0 Å². The maximum Gasteiger partial charge on any atom is 0.306 e. The van der Waals surface area contributed by atoms with Gasteiger partial charge in [0.15, 0.2) is 0 Å². The Morgan fingerprint density at radius 2 is 1.85 bits per heavy atom. The summed E-state index contributed by atoms with van der Waals surface area (Å²) in [5.74, 6) is -2.76. The fourth-order valence-electron chi connectivity index (χ4n) is 2.96. The lowest BCUT2D eigenvalue weighted by Crippen LogP contribution is -2.12. The van der Waals surface area contributed by atoms with Gasteiger partial charge in [-0.25, -0.2) is 8.78 Å². The number of halogens is 3. The van der Waals surface area contributed by atoms with Gasteiger partial charge in [-0.2, -0.15) is 0 Å². The number of carboxylic acids is 1. The molecule has 0 radical (unpaired) electrons. The lowest BCUT2D eigenvalue weighted by molar-refractivity contribution is -0.141. The molecule has 3 rings (SSSR count). The van der Waals surface area contributed by atoms with Crippen LogP contribution in [0.5, 0.6) is 0 Å². The zero-order valence-electron chi connectivity index (χ0n) is 14.0. The molecule has 0 spiro atoms. The molecule has 2 aromatic rings. The van der Waals surface area contributed by atoms with E-state index in [-0.39, 0.29) is 15.8 Å². The predicted molar refractivity (Wildman–Crippen MR) is 100 cm³/mol. The molecule has 1 fully saturated rings. The molecular formula is C19H16ClF2NO3S. The fraction of sp³-hybridized carbons (Fsp3) is 0.263. The summed E-state index contributed by atoms with van der Waals surface area (Å²) in [6.07, 6.45) is 1.73. The molecule has 1 aliphatic carbocycles. The zero-order chi connectivity index (χ0) is 19.6. The molecule has 142 valence electrons. The second-order valence-corrected chi connectivity index (χ2v) is 8.07. The third-order valence-electron chi connectivity index (χ3n) is 4.40. The van der Waals surface area contributed by atoms with Crippen molar-refractivity contribution in [1.29, 1.82) is 0 Å². The van der Waals surface area contributed by atoms with Gasteiger partial charge in [0, 0.05) is 21.4 Å². The highest BCUT2D eigenvalue weighted by Crippen LogP contribution is 2.39. The SMILES string of the molecule is O=C(Nc1ccc(F)c(Cl)c1)c1ccc(F)c(SC2CCC(C(=O)O)C2)c1. The number of hydrogen-bond acceptors (Lipinski definition) is 3. The van der Waals surface area contributed by atoms with Gasteiger partial charge in [0.1, 0.15) is 11.6 Å². The molecule has 0 bridgehead atoms. The highest BCUT2D eigenvalue weighted by Gasteiger charge is 2.30. The van der Waals surface area contributed by atoms with E-state index < -0.39 is 29.4 Å². The molecule has 0 saturated heterocycles. The van der Waals surface area contributed by atoms with Crippen molar-refractivity contribution in [2.24, 2.45) is 5.92 Å². The minimum atomic E-state index is -0.829. The summed E-state index contributed by atoms with van der Waals surface area (Å²) >= 11 is 6.95. The van der Waals surface area contributed by atoms with E-state index in [1.807, 2.05) is 0 Å². The quantitative estimate of drug-likeness (QED) is 0.708. The van der Waals surface area contributed by atoms with E-state index in [1.165, 1.54) is 42.1 Å². The molecule has 1 saturated carbocycles. The standard InChI is InChI=1S/C19H16ClF2NO3S/c20-14-9-12(3-6-15(14)21)23-18(24)10-2-5-16(22)17(8-10)27-13-4-1-11(7-13)19(25)26/h2-3,5-6,8-9,11,13H,1,4,7H2,(H,23,24)(H,25,26). The first-order chi connectivity index (χ1) is 12.8. The van der Waals surface area contributed by atoms with Crippen molar-refractivity contribution in [2.75, 3.05) is 5.32 Å². The molecule has 2 aromatic carbocycles. The van der Waals surface area contributed by atoms with Crippen LogP contribution in [0, 0.1) is 17.6 Å².